The zero-order valence-corrected chi connectivity index (χ0v) is 21.8. The molecule has 0 saturated carbocycles. The van der Waals surface area contributed by atoms with Gasteiger partial charge < -0.3 is 24.8 Å². The molecule has 0 aliphatic heterocycles. The van der Waals surface area contributed by atoms with Crippen LogP contribution in [0.3, 0.4) is 0 Å². The minimum atomic E-state index is -0.394. The summed E-state index contributed by atoms with van der Waals surface area (Å²) < 4.78 is 17.0. The van der Waals surface area contributed by atoms with Gasteiger partial charge in [0.05, 0.1) is 48.8 Å². The third-order valence-electron chi connectivity index (χ3n) is 6.14. The molecule has 7 nitrogen and oxygen atoms in total. The number of rotatable bonds is 6. The van der Waals surface area contributed by atoms with Crippen LogP contribution in [0.15, 0.2) is 47.3 Å². The van der Waals surface area contributed by atoms with Gasteiger partial charge in [0.2, 0.25) is 17.1 Å². The molecule has 1 amide bonds. The molecule has 9 heteroatoms. The summed E-state index contributed by atoms with van der Waals surface area (Å²) in [5, 5.41) is 6.77. The summed E-state index contributed by atoms with van der Waals surface area (Å²) in [6, 6.07) is 11.7. The average Bonchev–Trinajstić information content (AvgIpc) is 3.09. The number of ether oxygens (including phenoxy) is 3. The maximum atomic E-state index is 13.4. The van der Waals surface area contributed by atoms with E-state index in [0.717, 1.165) is 16.7 Å². The van der Waals surface area contributed by atoms with E-state index in [2.05, 4.69) is 10.6 Å². The molecule has 1 aliphatic carbocycles. The van der Waals surface area contributed by atoms with Gasteiger partial charge >= 0.3 is 0 Å². The van der Waals surface area contributed by atoms with Gasteiger partial charge in [0.25, 0.3) is 0 Å². The Hall–Kier alpha value is -3.42. The van der Waals surface area contributed by atoms with Gasteiger partial charge in [-0.25, -0.2) is 0 Å². The van der Waals surface area contributed by atoms with E-state index in [1.807, 2.05) is 12.1 Å². The summed E-state index contributed by atoms with van der Waals surface area (Å²) in [4.78, 5) is 25.5. The molecule has 0 fully saturated rings. The predicted molar refractivity (Wildman–Crippen MR) is 142 cm³/mol. The number of hydrogen-bond donors (Lipinski definition) is 2. The highest BCUT2D eigenvalue weighted by molar-refractivity contribution is 6.43. The van der Waals surface area contributed by atoms with Gasteiger partial charge in [-0.3, -0.25) is 9.59 Å². The van der Waals surface area contributed by atoms with Crippen molar-refractivity contribution in [2.24, 2.45) is 0 Å². The van der Waals surface area contributed by atoms with Crippen LogP contribution in [0.4, 0.5) is 11.4 Å². The molecule has 0 bridgehead atoms. The summed E-state index contributed by atoms with van der Waals surface area (Å²) in [6.45, 7) is 1.46. The Morgan fingerprint density at radius 1 is 0.972 bits per heavy atom. The number of carbonyl (C=O) groups is 1. The maximum Gasteiger partial charge on any atom is 0.217 e. The van der Waals surface area contributed by atoms with E-state index in [1.165, 1.54) is 6.92 Å². The fraction of sp³-hybridized carbons (Fsp3) is 0.259. The minimum absolute atomic E-state index is 0.193. The van der Waals surface area contributed by atoms with Crippen molar-refractivity contribution in [2.75, 3.05) is 26.6 Å². The van der Waals surface area contributed by atoms with E-state index < -0.39 is 6.04 Å². The second kappa shape index (κ2) is 10.7. The molecule has 36 heavy (non-hydrogen) atoms. The van der Waals surface area contributed by atoms with E-state index >= 15 is 0 Å². The molecule has 2 N–H and O–H groups in total. The zero-order chi connectivity index (χ0) is 26.0. The predicted octanol–water partition coefficient (Wildman–Crippen LogP) is 5.91. The Kier molecular flexibility index (Phi) is 7.62. The molecule has 0 saturated heterocycles. The lowest BCUT2D eigenvalue weighted by atomic mass is 9.95. The first-order valence-corrected chi connectivity index (χ1v) is 12.0. The molecule has 1 unspecified atom stereocenters. The maximum absolute atomic E-state index is 13.4. The number of nitrogens with one attached hydrogen (secondary N) is 2. The molecule has 1 aliphatic rings. The summed E-state index contributed by atoms with van der Waals surface area (Å²) >= 11 is 12.5. The lowest BCUT2D eigenvalue weighted by molar-refractivity contribution is -0.119. The third-order valence-corrected chi connectivity index (χ3v) is 6.96. The van der Waals surface area contributed by atoms with Gasteiger partial charge in [-0.2, -0.15) is 0 Å². The van der Waals surface area contributed by atoms with Crippen LogP contribution < -0.4 is 30.3 Å². The molecule has 0 heterocycles. The van der Waals surface area contributed by atoms with E-state index in [1.54, 1.807) is 51.7 Å². The Morgan fingerprint density at radius 3 is 2.39 bits per heavy atom. The lowest BCUT2D eigenvalue weighted by Gasteiger charge is -2.19. The fourth-order valence-electron chi connectivity index (χ4n) is 4.56. The Labute approximate surface area is 219 Å². The highest BCUT2D eigenvalue weighted by Crippen LogP contribution is 2.50. The van der Waals surface area contributed by atoms with Crippen molar-refractivity contribution < 1.29 is 19.0 Å². The molecule has 0 aromatic heterocycles. The first kappa shape index (κ1) is 25.7. The van der Waals surface area contributed by atoms with Gasteiger partial charge in [0.1, 0.15) is 0 Å². The minimum Gasteiger partial charge on any atom is -0.493 e. The highest BCUT2D eigenvalue weighted by Gasteiger charge is 2.29. The SMILES string of the molecule is COc1cc2c(c(OC)c1OC)-c1ccc(Nc3cccc(Cl)c3Cl)c(=O)cc1C(NC(C)=O)CC2. The van der Waals surface area contributed by atoms with Gasteiger partial charge in [0, 0.05) is 12.5 Å². The summed E-state index contributed by atoms with van der Waals surface area (Å²) in [5.41, 5.74) is 3.67. The number of benzene rings is 2. The highest BCUT2D eigenvalue weighted by atomic mass is 35.5. The lowest BCUT2D eigenvalue weighted by Crippen LogP contribution is -2.26. The molecule has 0 radical (unpaired) electrons. The van der Waals surface area contributed by atoms with Gasteiger partial charge in [-0.05, 0) is 59.9 Å². The molecular formula is C27H26Cl2N2O5. The van der Waals surface area contributed by atoms with Crippen molar-refractivity contribution in [1.82, 2.24) is 5.32 Å². The van der Waals surface area contributed by atoms with Crippen molar-refractivity contribution in [3.05, 3.63) is 73.9 Å². The van der Waals surface area contributed by atoms with E-state index in [4.69, 9.17) is 37.4 Å². The number of aryl methyl sites for hydroxylation is 1. The van der Waals surface area contributed by atoms with E-state index in [0.29, 0.717) is 57.1 Å². The standard InChI is InChI=1S/C27H26Cl2N2O5/c1-14(32)30-19-10-8-15-12-23(34-2)26(35-3)27(36-4)24(15)16-9-11-20(22(33)13-17(16)19)31-21-7-5-6-18(28)25(21)29/h5-7,9,11-13,19H,8,10H2,1-4H3,(H,30,32)(H,31,33). The monoisotopic (exact) mass is 528 g/mol. The van der Waals surface area contributed by atoms with Crippen LogP contribution >= 0.6 is 23.2 Å². The smallest absolute Gasteiger partial charge is 0.217 e. The topological polar surface area (TPSA) is 85.9 Å². The fourth-order valence-corrected chi connectivity index (χ4v) is 4.90. The number of carbonyl (C=O) groups excluding carboxylic acids is 1. The van der Waals surface area contributed by atoms with E-state index in [-0.39, 0.29) is 11.3 Å². The largest absolute Gasteiger partial charge is 0.493 e. The number of hydrogen-bond acceptors (Lipinski definition) is 6. The molecule has 188 valence electrons. The van der Waals surface area contributed by atoms with Crippen LogP contribution in [0.2, 0.25) is 10.0 Å². The van der Waals surface area contributed by atoms with Crippen molar-refractivity contribution in [3.8, 4) is 28.4 Å². The quantitative estimate of drug-likeness (QED) is 0.413. The van der Waals surface area contributed by atoms with Gasteiger partial charge in [0.15, 0.2) is 11.5 Å². The summed E-state index contributed by atoms with van der Waals surface area (Å²) in [5.74, 6) is 1.28. The van der Waals surface area contributed by atoms with Crippen molar-refractivity contribution in [1.29, 1.82) is 0 Å². The second-order valence-electron chi connectivity index (χ2n) is 8.32. The molecule has 3 aromatic rings. The summed E-state index contributed by atoms with van der Waals surface area (Å²) in [7, 11) is 4.67. The number of amides is 1. The molecule has 0 spiro atoms. The number of methoxy groups -OCH3 is 3. The number of halogens is 2. The second-order valence-corrected chi connectivity index (χ2v) is 9.11. The van der Waals surface area contributed by atoms with Crippen LogP contribution in [0.25, 0.3) is 11.1 Å². The van der Waals surface area contributed by atoms with Crippen molar-refractivity contribution in [3.63, 3.8) is 0 Å². The zero-order valence-electron chi connectivity index (χ0n) is 20.3. The summed E-state index contributed by atoms with van der Waals surface area (Å²) in [6.07, 6.45) is 1.19. The Bertz CT molecular complexity index is 1390. The Morgan fingerprint density at radius 2 is 1.72 bits per heavy atom. The van der Waals surface area contributed by atoms with Crippen LogP contribution in [-0.2, 0) is 11.2 Å². The molecule has 3 aromatic carbocycles. The number of anilines is 2. The van der Waals surface area contributed by atoms with Crippen LogP contribution in [-0.4, -0.2) is 27.2 Å². The van der Waals surface area contributed by atoms with Gasteiger partial charge in [-0.15, -0.1) is 0 Å². The van der Waals surface area contributed by atoms with Crippen molar-refractivity contribution in [2.45, 2.75) is 25.8 Å². The number of fused-ring (bicyclic) bond motifs is 3. The Balaban J connectivity index is 1.99. The third kappa shape index (κ3) is 4.81. The normalized spacial score (nSPS) is 14.1. The first-order valence-electron chi connectivity index (χ1n) is 11.3. The van der Waals surface area contributed by atoms with Crippen molar-refractivity contribution >= 4 is 40.5 Å². The molecule has 1 atom stereocenters. The van der Waals surface area contributed by atoms with Crippen LogP contribution in [0.5, 0.6) is 17.2 Å². The molecule has 4 rings (SSSR count). The van der Waals surface area contributed by atoms with Crippen LogP contribution in [0, 0.1) is 0 Å². The van der Waals surface area contributed by atoms with Gasteiger partial charge in [-0.1, -0.05) is 35.3 Å². The molecular weight excluding hydrogens is 503 g/mol. The van der Waals surface area contributed by atoms with E-state index in [9.17, 15) is 9.59 Å². The first-order chi connectivity index (χ1) is 17.3. The van der Waals surface area contributed by atoms with Crippen LogP contribution in [0.1, 0.15) is 30.5 Å². The average molecular weight is 529 g/mol.